The first-order valence-electron chi connectivity index (χ1n) is 8.33. The number of hydrogen-bond acceptors (Lipinski definition) is 6. The Morgan fingerprint density at radius 3 is 2.82 bits per heavy atom. The van der Waals surface area contributed by atoms with Crippen molar-refractivity contribution in [3.8, 4) is 29.6 Å². The zero-order valence-corrected chi connectivity index (χ0v) is 15.6. The monoisotopic (exact) mass is 402 g/mol. The zero-order valence-electron chi connectivity index (χ0n) is 14.8. The fraction of sp³-hybridized carbons (Fsp3) is 0.211. The second-order valence-corrected chi connectivity index (χ2v) is 7.44. The number of carbonyl (C=O) groups excluding carboxylic acids is 1. The van der Waals surface area contributed by atoms with Gasteiger partial charge in [-0.3, -0.25) is 4.79 Å². The second kappa shape index (κ2) is 8.65. The van der Waals surface area contributed by atoms with E-state index in [0.29, 0.717) is 17.2 Å². The second-order valence-electron chi connectivity index (χ2n) is 5.68. The van der Waals surface area contributed by atoms with Crippen LogP contribution < -0.4 is 24.2 Å². The maximum atomic E-state index is 12.3. The Morgan fingerprint density at radius 1 is 1.18 bits per heavy atom. The van der Waals surface area contributed by atoms with Crippen LogP contribution >= 0.6 is 0 Å². The SMILES string of the molecule is C#CCNS(=O)(=O)c1cccc(C(=O)NCCOc2ccc3c(c2)OCO3)c1. The lowest BCUT2D eigenvalue weighted by Crippen LogP contribution is -2.29. The van der Waals surface area contributed by atoms with Gasteiger partial charge in [-0.25, -0.2) is 8.42 Å². The van der Waals surface area contributed by atoms with Gasteiger partial charge in [0.25, 0.3) is 5.91 Å². The molecular formula is C19H18N2O6S. The molecule has 2 aromatic rings. The number of fused-ring (bicyclic) bond motifs is 1. The van der Waals surface area contributed by atoms with Gasteiger partial charge in [0.1, 0.15) is 12.4 Å². The summed E-state index contributed by atoms with van der Waals surface area (Å²) in [5.41, 5.74) is 0.215. The first-order valence-corrected chi connectivity index (χ1v) is 9.82. The van der Waals surface area contributed by atoms with Crippen molar-refractivity contribution in [3.63, 3.8) is 0 Å². The highest BCUT2D eigenvalue weighted by Gasteiger charge is 2.16. The number of ether oxygens (including phenoxy) is 3. The molecule has 8 nitrogen and oxygen atoms in total. The summed E-state index contributed by atoms with van der Waals surface area (Å²) in [4.78, 5) is 12.2. The largest absolute Gasteiger partial charge is 0.492 e. The van der Waals surface area contributed by atoms with Crippen LogP contribution in [0.15, 0.2) is 47.4 Å². The molecule has 0 unspecified atom stereocenters. The van der Waals surface area contributed by atoms with E-state index < -0.39 is 15.9 Å². The molecule has 0 spiro atoms. The van der Waals surface area contributed by atoms with Gasteiger partial charge < -0.3 is 19.5 Å². The number of rotatable bonds is 8. The molecule has 28 heavy (non-hydrogen) atoms. The Morgan fingerprint density at radius 2 is 2.00 bits per heavy atom. The summed E-state index contributed by atoms with van der Waals surface area (Å²) in [5.74, 6) is 3.64. The van der Waals surface area contributed by atoms with Gasteiger partial charge in [0.2, 0.25) is 16.8 Å². The average Bonchev–Trinajstić information content (AvgIpc) is 3.17. The Balaban J connectivity index is 1.52. The molecule has 2 aromatic carbocycles. The van der Waals surface area contributed by atoms with Gasteiger partial charge in [-0.2, -0.15) is 4.72 Å². The van der Waals surface area contributed by atoms with E-state index in [4.69, 9.17) is 20.6 Å². The van der Waals surface area contributed by atoms with Crippen molar-refractivity contribution < 1.29 is 27.4 Å². The number of amides is 1. The van der Waals surface area contributed by atoms with E-state index in [-0.39, 0.29) is 36.9 Å². The summed E-state index contributed by atoms with van der Waals surface area (Å²) in [7, 11) is -3.76. The molecule has 0 saturated carbocycles. The van der Waals surface area contributed by atoms with Gasteiger partial charge in [-0.15, -0.1) is 6.42 Å². The van der Waals surface area contributed by atoms with Crippen molar-refractivity contribution in [2.75, 3.05) is 26.5 Å². The third kappa shape index (κ3) is 4.73. The van der Waals surface area contributed by atoms with Crippen LogP contribution in [0.1, 0.15) is 10.4 Å². The normalized spacial score (nSPS) is 12.2. The summed E-state index contributed by atoms with van der Waals surface area (Å²) in [6.07, 6.45) is 5.06. The lowest BCUT2D eigenvalue weighted by molar-refractivity contribution is 0.0946. The molecule has 0 saturated heterocycles. The highest BCUT2D eigenvalue weighted by atomic mass is 32.2. The van der Waals surface area contributed by atoms with E-state index in [1.165, 1.54) is 24.3 Å². The molecule has 3 rings (SSSR count). The number of hydrogen-bond donors (Lipinski definition) is 2. The quantitative estimate of drug-likeness (QED) is 0.507. The summed E-state index contributed by atoms with van der Waals surface area (Å²) in [5, 5.41) is 2.68. The molecule has 0 aromatic heterocycles. The molecule has 0 radical (unpaired) electrons. The van der Waals surface area contributed by atoms with Gasteiger partial charge >= 0.3 is 0 Å². The van der Waals surface area contributed by atoms with Crippen LogP contribution in [-0.2, 0) is 10.0 Å². The summed E-state index contributed by atoms with van der Waals surface area (Å²) >= 11 is 0. The van der Waals surface area contributed by atoms with Crippen molar-refractivity contribution in [2.45, 2.75) is 4.90 Å². The van der Waals surface area contributed by atoms with Crippen LogP contribution in [0.25, 0.3) is 0 Å². The van der Waals surface area contributed by atoms with Gasteiger partial charge in [-0.05, 0) is 30.3 Å². The van der Waals surface area contributed by atoms with E-state index in [2.05, 4.69) is 16.0 Å². The smallest absolute Gasteiger partial charge is 0.251 e. The van der Waals surface area contributed by atoms with Crippen molar-refractivity contribution in [1.29, 1.82) is 0 Å². The molecule has 2 N–H and O–H groups in total. The van der Waals surface area contributed by atoms with Crippen molar-refractivity contribution >= 4 is 15.9 Å². The number of sulfonamides is 1. The molecule has 0 atom stereocenters. The van der Waals surface area contributed by atoms with Crippen molar-refractivity contribution in [3.05, 3.63) is 48.0 Å². The molecule has 1 aliphatic rings. The van der Waals surface area contributed by atoms with E-state index >= 15 is 0 Å². The Labute approximate surface area is 162 Å². The average molecular weight is 402 g/mol. The molecule has 0 fully saturated rings. The Hall–Kier alpha value is -3.22. The van der Waals surface area contributed by atoms with Crippen molar-refractivity contribution in [2.24, 2.45) is 0 Å². The molecule has 1 heterocycles. The minimum absolute atomic E-state index is 0.0352. The first-order chi connectivity index (χ1) is 13.5. The van der Waals surface area contributed by atoms with E-state index in [1.807, 2.05) is 0 Å². The maximum absolute atomic E-state index is 12.3. The fourth-order valence-corrected chi connectivity index (χ4v) is 3.41. The highest BCUT2D eigenvalue weighted by molar-refractivity contribution is 7.89. The predicted molar refractivity (Wildman–Crippen MR) is 101 cm³/mol. The molecule has 0 aliphatic carbocycles. The molecular weight excluding hydrogens is 384 g/mol. The van der Waals surface area contributed by atoms with Gasteiger partial charge in [0, 0.05) is 11.6 Å². The van der Waals surface area contributed by atoms with Crippen LogP contribution in [0.5, 0.6) is 17.2 Å². The third-order valence-corrected chi connectivity index (χ3v) is 5.17. The van der Waals surface area contributed by atoms with E-state index in [1.54, 1.807) is 18.2 Å². The molecule has 1 aliphatic heterocycles. The van der Waals surface area contributed by atoms with E-state index in [9.17, 15) is 13.2 Å². The number of carbonyl (C=O) groups is 1. The van der Waals surface area contributed by atoms with Crippen LogP contribution in [0, 0.1) is 12.3 Å². The van der Waals surface area contributed by atoms with E-state index in [0.717, 1.165) is 0 Å². The van der Waals surface area contributed by atoms with Crippen LogP contribution in [0.2, 0.25) is 0 Å². The topological polar surface area (TPSA) is 103 Å². The first kappa shape index (κ1) is 19.5. The van der Waals surface area contributed by atoms with Gasteiger partial charge in [0.15, 0.2) is 11.5 Å². The lowest BCUT2D eigenvalue weighted by atomic mass is 10.2. The fourth-order valence-electron chi connectivity index (χ4n) is 2.43. The van der Waals surface area contributed by atoms with Crippen molar-refractivity contribution in [1.82, 2.24) is 10.0 Å². The molecule has 146 valence electrons. The predicted octanol–water partition coefficient (Wildman–Crippen LogP) is 1.14. The summed E-state index contributed by atoms with van der Waals surface area (Å²) in [6.45, 7) is 0.518. The minimum Gasteiger partial charge on any atom is -0.492 e. The van der Waals surface area contributed by atoms with Crippen LogP contribution in [-0.4, -0.2) is 40.8 Å². The number of terminal acetylenes is 1. The number of benzene rings is 2. The molecule has 0 bridgehead atoms. The molecule has 9 heteroatoms. The lowest BCUT2D eigenvalue weighted by Gasteiger charge is -2.09. The standard InChI is InChI=1S/C19H18N2O6S/c1-2-8-21-28(23,24)16-5-3-4-14(11-16)19(22)20-9-10-25-15-6-7-17-18(12-15)27-13-26-17/h1,3-7,11-12,21H,8-10,13H2,(H,20,22). The van der Waals surface area contributed by atoms with Gasteiger partial charge in [0.05, 0.1) is 18.0 Å². The van der Waals surface area contributed by atoms with Gasteiger partial charge in [-0.1, -0.05) is 12.0 Å². The van der Waals surface area contributed by atoms with Crippen LogP contribution in [0.3, 0.4) is 0 Å². The Bertz CT molecular complexity index is 1010. The Kier molecular flexibility index (Phi) is 6.03. The summed E-state index contributed by atoms with van der Waals surface area (Å²) < 4.78 is 42.5. The molecule has 1 amide bonds. The van der Waals surface area contributed by atoms with Crippen LogP contribution in [0.4, 0.5) is 0 Å². The summed E-state index contributed by atoms with van der Waals surface area (Å²) in [6, 6.07) is 10.9. The minimum atomic E-state index is -3.76. The zero-order chi connectivity index (χ0) is 20.0. The number of nitrogens with one attached hydrogen (secondary N) is 2. The third-order valence-electron chi connectivity index (χ3n) is 3.77. The maximum Gasteiger partial charge on any atom is 0.251 e. The highest BCUT2D eigenvalue weighted by Crippen LogP contribution is 2.34.